The molecule has 0 aliphatic carbocycles. The zero-order valence-electron chi connectivity index (χ0n) is 9.29. The van der Waals surface area contributed by atoms with Gasteiger partial charge in [-0.05, 0) is 38.0 Å². The van der Waals surface area contributed by atoms with Crippen LogP contribution in [0.3, 0.4) is 0 Å². The molecule has 82 valence electrons. The zero-order valence-corrected chi connectivity index (χ0v) is 10.1. The maximum atomic E-state index is 10.8. The Labute approximate surface area is 95.1 Å². The summed E-state index contributed by atoms with van der Waals surface area (Å²) in [5, 5.41) is 8.89. The molecule has 1 amide bonds. The first-order chi connectivity index (χ1) is 6.86. The van der Waals surface area contributed by atoms with E-state index in [9.17, 15) is 4.79 Å². The van der Waals surface area contributed by atoms with Crippen LogP contribution in [0.4, 0.5) is 10.5 Å². The van der Waals surface area contributed by atoms with Gasteiger partial charge < -0.3 is 17.7 Å². The number of carbonyl (C=O) groups is 1. The maximum absolute atomic E-state index is 10.8. The van der Waals surface area contributed by atoms with Gasteiger partial charge in [0.2, 0.25) is 0 Å². The molecule has 0 aliphatic heterocycles. The van der Waals surface area contributed by atoms with Crippen LogP contribution in [0.1, 0.15) is 16.7 Å². The van der Waals surface area contributed by atoms with Crippen molar-refractivity contribution < 1.29 is 9.90 Å². The lowest BCUT2D eigenvalue weighted by molar-refractivity contribution is 0.203. The van der Waals surface area contributed by atoms with Crippen LogP contribution < -0.4 is 4.90 Å². The highest BCUT2D eigenvalue weighted by Crippen LogP contribution is 2.28. The fraction of sp³-hybridized carbons (Fsp3) is 0.364. The standard InChI is InChI=1S/C11H15NO2S/c1-6-5-9(12(4)11(13)14)10(15)8(3)7(6)2/h5,15H,1-4H3,(H,13,14)/p-1. The molecule has 0 saturated heterocycles. The first-order valence-corrected chi connectivity index (χ1v) is 5.01. The molecule has 0 aliphatic rings. The number of benzene rings is 1. The van der Waals surface area contributed by atoms with Crippen molar-refractivity contribution in [3.05, 3.63) is 22.8 Å². The van der Waals surface area contributed by atoms with Crippen LogP contribution in [0.2, 0.25) is 0 Å². The first-order valence-electron chi connectivity index (χ1n) is 4.60. The Kier molecular flexibility index (Phi) is 3.19. The van der Waals surface area contributed by atoms with Crippen LogP contribution >= 0.6 is 0 Å². The van der Waals surface area contributed by atoms with E-state index in [2.05, 4.69) is 0 Å². The lowest BCUT2D eigenvalue weighted by Crippen LogP contribution is -2.25. The van der Waals surface area contributed by atoms with E-state index in [4.69, 9.17) is 17.7 Å². The van der Waals surface area contributed by atoms with E-state index in [-0.39, 0.29) is 0 Å². The minimum absolute atomic E-state index is 0.582. The second kappa shape index (κ2) is 4.06. The highest BCUT2D eigenvalue weighted by Gasteiger charge is 2.11. The van der Waals surface area contributed by atoms with Gasteiger partial charge in [0, 0.05) is 12.7 Å². The van der Waals surface area contributed by atoms with Gasteiger partial charge in [-0.15, -0.1) is 4.90 Å². The minimum Gasteiger partial charge on any atom is -0.777 e. The topological polar surface area (TPSA) is 40.5 Å². The SMILES string of the molecule is Cc1cc(N(C)C(=O)O)c([S-])c(C)c1C. The third kappa shape index (κ3) is 2.04. The molecular weight excluding hydrogens is 210 g/mol. The molecule has 4 heteroatoms. The first kappa shape index (κ1) is 11.8. The average molecular weight is 224 g/mol. The molecule has 1 aromatic carbocycles. The number of carboxylic acid groups (broad SMARTS) is 1. The quantitative estimate of drug-likeness (QED) is 0.745. The summed E-state index contributed by atoms with van der Waals surface area (Å²) in [6.07, 6.45) is -0.997. The fourth-order valence-electron chi connectivity index (χ4n) is 1.39. The van der Waals surface area contributed by atoms with E-state index in [1.807, 2.05) is 26.8 Å². The molecule has 15 heavy (non-hydrogen) atoms. The molecule has 0 saturated carbocycles. The molecule has 0 atom stereocenters. The molecule has 3 nitrogen and oxygen atoms in total. The second-order valence-electron chi connectivity index (χ2n) is 3.63. The number of rotatable bonds is 1. The lowest BCUT2D eigenvalue weighted by atomic mass is 10.0. The zero-order chi connectivity index (χ0) is 11.7. The van der Waals surface area contributed by atoms with Gasteiger partial charge in [-0.3, -0.25) is 4.90 Å². The summed E-state index contributed by atoms with van der Waals surface area (Å²) >= 11 is 5.23. The molecular formula is C11H14NO2S-. The van der Waals surface area contributed by atoms with Crippen molar-refractivity contribution in [1.29, 1.82) is 0 Å². The number of anilines is 1. The third-order valence-electron chi connectivity index (χ3n) is 2.73. The van der Waals surface area contributed by atoms with E-state index >= 15 is 0 Å². The molecule has 0 heterocycles. The van der Waals surface area contributed by atoms with Gasteiger partial charge in [-0.2, -0.15) is 0 Å². The predicted molar refractivity (Wildman–Crippen MR) is 62.7 cm³/mol. The molecule has 0 unspecified atom stereocenters. The summed E-state index contributed by atoms with van der Waals surface area (Å²) < 4.78 is 0. The summed E-state index contributed by atoms with van der Waals surface area (Å²) in [6.45, 7) is 5.87. The molecule has 1 N–H and O–H groups in total. The van der Waals surface area contributed by atoms with E-state index < -0.39 is 6.09 Å². The Morgan fingerprint density at radius 2 is 1.87 bits per heavy atom. The van der Waals surface area contributed by atoms with Crippen molar-refractivity contribution in [3.63, 3.8) is 0 Å². The van der Waals surface area contributed by atoms with Crippen LogP contribution in [0.25, 0.3) is 0 Å². The second-order valence-corrected chi connectivity index (χ2v) is 4.04. The molecule has 0 radical (unpaired) electrons. The summed E-state index contributed by atoms with van der Waals surface area (Å²) in [4.78, 5) is 12.6. The van der Waals surface area contributed by atoms with Crippen LogP contribution in [0.15, 0.2) is 11.0 Å². The molecule has 0 bridgehead atoms. The fourth-order valence-corrected chi connectivity index (χ4v) is 1.74. The Morgan fingerprint density at radius 3 is 2.33 bits per heavy atom. The van der Waals surface area contributed by atoms with E-state index in [0.29, 0.717) is 10.6 Å². The molecule has 1 rings (SSSR count). The van der Waals surface area contributed by atoms with Gasteiger partial charge in [0.15, 0.2) is 0 Å². The highest BCUT2D eigenvalue weighted by atomic mass is 32.1. The van der Waals surface area contributed by atoms with Gasteiger partial charge in [0.25, 0.3) is 0 Å². The smallest absolute Gasteiger partial charge is 0.411 e. The average Bonchev–Trinajstić information content (AvgIpc) is 2.19. The van der Waals surface area contributed by atoms with Crippen molar-refractivity contribution >= 4 is 24.4 Å². The van der Waals surface area contributed by atoms with Gasteiger partial charge in [-0.1, -0.05) is 5.56 Å². The lowest BCUT2D eigenvalue weighted by Gasteiger charge is -2.25. The summed E-state index contributed by atoms with van der Waals surface area (Å²) in [5.74, 6) is 0. The van der Waals surface area contributed by atoms with Crippen LogP contribution in [-0.4, -0.2) is 18.2 Å². The molecule has 1 aromatic rings. The number of nitrogens with zero attached hydrogens (tertiary/aromatic N) is 1. The summed E-state index contributed by atoms with van der Waals surface area (Å²) in [7, 11) is 1.50. The minimum atomic E-state index is -0.997. The Balaban J connectivity index is 3.38. The monoisotopic (exact) mass is 224 g/mol. The van der Waals surface area contributed by atoms with Crippen LogP contribution in [0.5, 0.6) is 0 Å². The Morgan fingerprint density at radius 1 is 1.33 bits per heavy atom. The summed E-state index contributed by atoms with van der Waals surface area (Å²) in [6, 6.07) is 1.82. The Bertz CT molecular complexity index is 416. The van der Waals surface area contributed by atoms with Crippen molar-refractivity contribution in [2.24, 2.45) is 0 Å². The van der Waals surface area contributed by atoms with Crippen molar-refractivity contribution in [3.8, 4) is 0 Å². The molecule has 0 spiro atoms. The van der Waals surface area contributed by atoms with E-state index in [1.54, 1.807) is 0 Å². The predicted octanol–water partition coefficient (Wildman–Crippen LogP) is 2.63. The number of hydrogen-bond acceptors (Lipinski definition) is 2. The van der Waals surface area contributed by atoms with Crippen LogP contribution in [0, 0.1) is 20.8 Å². The van der Waals surface area contributed by atoms with Gasteiger partial charge in [0.1, 0.15) is 0 Å². The highest BCUT2D eigenvalue weighted by molar-refractivity contribution is 7.59. The normalized spacial score (nSPS) is 10.1. The molecule has 0 aromatic heterocycles. The number of amides is 1. The van der Waals surface area contributed by atoms with Crippen molar-refractivity contribution in [1.82, 2.24) is 0 Å². The maximum Gasteiger partial charge on any atom is 0.411 e. The van der Waals surface area contributed by atoms with E-state index in [1.165, 1.54) is 7.05 Å². The third-order valence-corrected chi connectivity index (χ3v) is 3.24. The Hall–Kier alpha value is -1.29. The van der Waals surface area contributed by atoms with Gasteiger partial charge in [-0.25, -0.2) is 4.79 Å². The largest absolute Gasteiger partial charge is 0.777 e. The van der Waals surface area contributed by atoms with Crippen molar-refractivity contribution in [2.75, 3.05) is 11.9 Å². The van der Waals surface area contributed by atoms with Crippen LogP contribution in [-0.2, 0) is 12.6 Å². The van der Waals surface area contributed by atoms with Gasteiger partial charge in [0.05, 0.1) is 0 Å². The van der Waals surface area contributed by atoms with E-state index in [0.717, 1.165) is 21.6 Å². The summed E-state index contributed by atoms with van der Waals surface area (Å²) in [5.41, 5.74) is 3.75. The number of aryl methyl sites for hydroxylation is 1. The van der Waals surface area contributed by atoms with Crippen molar-refractivity contribution in [2.45, 2.75) is 25.7 Å². The molecule has 0 fully saturated rings. The number of hydrogen-bond donors (Lipinski definition) is 1. The van der Waals surface area contributed by atoms with Gasteiger partial charge >= 0.3 is 6.09 Å².